The largest absolute Gasteiger partial charge is 0.431 e. The second-order valence-electron chi connectivity index (χ2n) is 5.02. The van der Waals surface area contributed by atoms with E-state index in [1.807, 2.05) is 13.8 Å². The number of alkyl halides is 3. The van der Waals surface area contributed by atoms with E-state index in [9.17, 15) is 18.0 Å². The Morgan fingerprint density at radius 2 is 1.89 bits per heavy atom. The normalized spacial score (nSPS) is 12.8. The first kappa shape index (κ1) is 14.8. The van der Waals surface area contributed by atoms with Crippen molar-refractivity contribution in [1.82, 2.24) is 4.57 Å². The number of nitrogens with zero attached hydrogens (tertiary/aromatic N) is 1. The molecular formula is C12H17F3N2O. The average molecular weight is 262 g/mol. The Hall–Kier alpha value is -1.30. The predicted octanol–water partition coefficient (Wildman–Crippen LogP) is 2.24. The van der Waals surface area contributed by atoms with Crippen LogP contribution in [0.1, 0.15) is 26.0 Å². The molecule has 0 atom stereocenters. The van der Waals surface area contributed by atoms with E-state index in [4.69, 9.17) is 5.73 Å². The maximum atomic E-state index is 12.7. The molecule has 0 fully saturated rings. The van der Waals surface area contributed by atoms with Gasteiger partial charge in [0, 0.05) is 12.6 Å². The van der Waals surface area contributed by atoms with Gasteiger partial charge in [-0.1, -0.05) is 19.9 Å². The fourth-order valence-corrected chi connectivity index (χ4v) is 1.51. The fourth-order valence-electron chi connectivity index (χ4n) is 1.51. The van der Waals surface area contributed by atoms with E-state index in [0.29, 0.717) is 13.0 Å². The number of halogens is 3. The molecule has 3 nitrogen and oxygen atoms in total. The smallest absolute Gasteiger partial charge is 0.330 e. The third kappa shape index (κ3) is 3.60. The topological polar surface area (TPSA) is 48.0 Å². The lowest BCUT2D eigenvalue weighted by atomic mass is 9.89. The van der Waals surface area contributed by atoms with E-state index in [1.165, 1.54) is 0 Å². The summed E-state index contributed by atoms with van der Waals surface area (Å²) in [5, 5.41) is 0. The maximum absolute atomic E-state index is 12.7. The minimum atomic E-state index is -4.52. The zero-order valence-electron chi connectivity index (χ0n) is 10.4. The van der Waals surface area contributed by atoms with Crippen molar-refractivity contribution in [2.24, 2.45) is 11.1 Å². The van der Waals surface area contributed by atoms with Gasteiger partial charge in [0.15, 0.2) is 0 Å². The summed E-state index contributed by atoms with van der Waals surface area (Å²) in [6.07, 6.45) is -4.11. The van der Waals surface area contributed by atoms with Crippen molar-refractivity contribution in [3.05, 3.63) is 34.2 Å². The first-order chi connectivity index (χ1) is 8.17. The van der Waals surface area contributed by atoms with E-state index in [-0.39, 0.29) is 12.0 Å². The number of nitrogens with two attached hydrogens (primary N) is 1. The molecule has 1 heterocycles. The van der Waals surface area contributed by atoms with Crippen LogP contribution in [-0.4, -0.2) is 11.1 Å². The number of aromatic nitrogens is 1. The number of rotatable bonds is 4. The molecule has 0 saturated carbocycles. The molecule has 18 heavy (non-hydrogen) atoms. The van der Waals surface area contributed by atoms with Gasteiger partial charge < -0.3 is 10.3 Å². The highest BCUT2D eigenvalue weighted by Gasteiger charge is 2.34. The van der Waals surface area contributed by atoms with Gasteiger partial charge >= 0.3 is 6.18 Å². The van der Waals surface area contributed by atoms with Gasteiger partial charge in [0.05, 0.1) is 0 Å². The second kappa shape index (κ2) is 5.14. The molecule has 0 aromatic carbocycles. The van der Waals surface area contributed by atoms with Gasteiger partial charge in [-0.15, -0.1) is 0 Å². The van der Waals surface area contributed by atoms with E-state index >= 15 is 0 Å². The van der Waals surface area contributed by atoms with Gasteiger partial charge in [0.25, 0.3) is 5.56 Å². The lowest BCUT2D eigenvalue weighted by molar-refractivity contribution is -0.144. The van der Waals surface area contributed by atoms with Gasteiger partial charge in [-0.3, -0.25) is 4.79 Å². The Morgan fingerprint density at radius 3 is 2.39 bits per heavy atom. The molecule has 1 aromatic heterocycles. The number of hydrogen-bond acceptors (Lipinski definition) is 2. The summed E-state index contributed by atoms with van der Waals surface area (Å²) in [4.78, 5) is 11.5. The molecular weight excluding hydrogens is 245 g/mol. The Morgan fingerprint density at radius 1 is 1.28 bits per heavy atom. The molecule has 0 aliphatic rings. The average Bonchev–Trinajstić information content (AvgIpc) is 2.26. The summed E-state index contributed by atoms with van der Waals surface area (Å²) in [5.74, 6) is 0. The van der Waals surface area contributed by atoms with Crippen LogP contribution in [0.2, 0.25) is 0 Å². The van der Waals surface area contributed by atoms with Crippen LogP contribution in [0.3, 0.4) is 0 Å². The summed E-state index contributed by atoms with van der Waals surface area (Å²) >= 11 is 0. The Balaban J connectivity index is 3.05. The minimum Gasteiger partial charge on any atom is -0.330 e. The first-order valence-electron chi connectivity index (χ1n) is 5.64. The molecule has 0 radical (unpaired) electrons. The van der Waals surface area contributed by atoms with E-state index in [2.05, 4.69) is 0 Å². The minimum absolute atomic E-state index is 0.0126. The summed E-state index contributed by atoms with van der Waals surface area (Å²) in [5.41, 5.74) is 3.67. The molecule has 2 N–H and O–H groups in total. The number of hydrogen-bond donors (Lipinski definition) is 1. The zero-order chi connectivity index (χ0) is 14.0. The lowest BCUT2D eigenvalue weighted by Crippen LogP contribution is -2.31. The van der Waals surface area contributed by atoms with Crippen molar-refractivity contribution in [3.63, 3.8) is 0 Å². The standard InChI is InChI=1S/C12H17F3N2O/c1-11(2,8-16)6-7-17-9(12(13,14)15)4-3-5-10(17)18/h3-5H,6-8,16H2,1-2H3. The lowest BCUT2D eigenvalue weighted by Gasteiger charge is -2.24. The molecule has 0 unspecified atom stereocenters. The van der Waals surface area contributed by atoms with Crippen LogP contribution >= 0.6 is 0 Å². The van der Waals surface area contributed by atoms with Crippen molar-refractivity contribution in [1.29, 1.82) is 0 Å². The van der Waals surface area contributed by atoms with Gasteiger partial charge in [-0.05, 0) is 24.4 Å². The van der Waals surface area contributed by atoms with E-state index in [1.54, 1.807) is 0 Å². The highest BCUT2D eigenvalue weighted by molar-refractivity contribution is 5.10. The highest BCUT2D eigenvalue weighted by atomic mass is 19.4. The van der Waals surface area contributed by atoms with Crippen LogP contribution in [0, 0.1) is 5.41 Å². The van der Waals surface area contributed by atoms with Crippen LogP contribution in [0.25, 0.3) is 0 Å². The SMILES string of the molecule is CC(C)(CN)CCn1c(C(F)(F)F)cccc1=O. The molecule has 0 amide bonds. The van der Waals surface area contributed by atoms with Crippen LogP contribution in [0.5, 0.6) is 0 Å². The van der Waals surface area contributed by atoms with Gasteiger partial charge in [0.1, 0.15) is 5.69 Å². The third-order valence-corrected chi connectivity index (χ3v) is 2.90. The third-order valence-electron chi connectivity index (χ3n) is 2.90. The van der Waals surface area contributed by atoms with Crippen molar-refractivity contribution < 1.29 is 13.2 Å². The maximum Gasteiger partial charge on any atom is 0.431 e. The van der Waals surface area contributed by atoms with Crippen LogP contribution < -0.4 is 11.3 Å². The molecule has 1 rings (SSSR count). The summed E-state index contributed by atoms with van der Waals surface area (Å²) in [6, 6.07) is 3.16. The molecule has 0 spiro atoms. The second-order valence-corrected chi connectivity index (χ2v) is 5.02. The highest BCUT2D eigenvalue weighted by Crippen LogP contribution is 2.29. The van der Waals surface area contributed by atoms with Crippen molar-refractivity contribution in [2.45, 2.75) is 33.0 Å². The Labute approximate surface area is 103 Å². The molecule has 0 bridgehead atoms. The van der Waals surface area contributed by atoms with Crippen LogP contribution in [0.15, 0.2) is 23.0 Å². The Bertz CT molecular complexity index is 463. The van der Waals surface area contributed by atoms with Crippen molar-refractivity contribution >= 4 is 0 Å². The van der Waals surface area contributed by atoms with Gasteiger partial charge in [-0.2, -0.15) is 13.2 Å². The monoisotopic (exact) mass is 262 g/mol. The van der Waals surface area contributed by atoms with Crippen molar-refractivity contribution in [3.8, 4) is 0 Å². The van der Waals surface area contributed by atoms with Crippen LogP contribution in [-0.2, 0) is 12.7 Å². The van der Waals surface area contributed by atoms with Crippen LogP contribution in [0.4, 0.5) is 13.2 Å². The Kier molecular flexibility index (Phi) is 4.21. The molecule has 1 aromatic rings. The first-order valence-corrected chi connectivity index (χ1v) is 5.64. The van der Waals surface area contributed by atoms with Crippen molar-refractivity contribution in [2.75, 3.05) is 6.54 Å². The molecule has 102 valence electrons. The molecule has 0 saturated heterocycles. The quantitative estimate of drug-likeness (QED) is 0.904. The summed E-state index contributed by atoms with van der Waals surface area (Å²) in [6.45, 7) is 4.08. The predicted molar refractivity (Wildman–Crippen MR) is 63.2 cm³/mol. The fraction of sp³-hybridized carbons (Fsp3) is 0.583. The summed E-state index contributed by atoms with van der Waals surface area (Å²) in [7, 11) is 0. The van der Waals surface area contributed by atoms with Gasteiger partial charge in [0.2, 0.25) is 0 Å². The number of pyridine rings is 1. The van der Waals surface area contributed by atoms with E-state index < -0.39 is 17.4 Å². The zero-order valence-corrected chi connectivity index (χ0v) is 10.4. The molecule has 0 aliphatic heterocycles. The van der Waals surface area contributed by atoms with E-state index in [0.717, 1.165) is 22.8 Å². The van der Waals surface area contributed by atoms with Gasteiger partial charge in [-0.25, -0.2) is 0 Å². The molecule has 6 heteroatoms. The molecule has 0 aliphatic carbocycles. The summed E-state index contributed by atoms with van der Waals surface area (Å²) < 4.78 is 39.0.